The van der Waals surface area contributed by atoms with Gasteiger partial charge in [0.1, 0.15) is 4.88 Å². The van der Waals surface area contributed by atoms with Crippen LogP contribution in [0.5, 0.6) is 0 Å². The summed E-state index contributed by atoms with van der Waals surface area (Å²) >= 11 is 1.47. The fraction of sp³-hybridized carbons (Fsp3) is 0.733. The molecule has 0 atom stereocenters. The first-order chi connectivity index (χ1) is 9.31. The van der Waals surface area contributed by atoms with Gasteiger partial charge in [0.05, 0.1) is 10.7 Å². The molecule has 0 aromatic carbocycles. The van der Waals surface area contributed by atoms with Crippen LogP contribution in [0.15, 0.2) is 0 Å². The van der Waals surface area contributed by atoms with Crippen molar-refractivity contribution in [2.75, 3.05) is 6.54 Å². The first-order valence-electron chi connectivity index (χ1n) is 7.34. The zero-order valence-electron chi connectivity index (χ0n) is 13.2. The summed E-state index contributed by atoms with van der Waals surface area (Å²) in [5.74, 6) is 0.450. The lowest BCUT2D eigenvalue weighted by Gasteiger charge is -2.26. The first kappa shape index (κ1) is 17.1. The average Bonchev–Trinajstić information content (AvgIpc) is 2.75. The molecule has 1 rings (SSSR count). The maximum absolute atomic E-state index is 12.3. The van der Waals surface area contributed by atoms with E-state index < -0.39 is 0 Å². The van der Waals surface area contributed by atoms with Gasteiger partial charge >= 0.3 is 0 Å². The zero-order chi connectivity index (χ0) is 15.3. The third kappa shape index (κ3) is 4.56. The largest absolute Gasteiger partial charge is 0.349 e. The number of aryl methyl sites for hydroxylation is 1. The molecule has 0 bridgehead atoms. The number of nitrogens with zero attached hydrogens (tertiary/aromatic N) is 1. The summed E-state index contributed by atoms with van der Waals surface area (Å²) in [6.07, 6.45) is 2.54. The number of carbonyl (C=O) groups is 1. The van der Waals surface area contributed by atoms with E-state index in [9.17, 15) is 4.79 Å². The van der Waals surface area contributed by atoms with Crippen molar-refractivity contribution < 1.29 is 4.79 Å². The Balaban J connectivity index is 2.77. The van der Waals surface area contributed by atoms with Gasteiger partial charge in [0, 0.05) is 12.1 Å². The molecule has 0 fully saturated rings. The number of hydrogen-bond acceptors (Lipinski definition) is 4. The van der Waals surface area contributed by atoms with Gasteiger partial charge in [-0.3, -0.25) is 4.79 Å². The van der Waals surface area contributed by atoms with Gasteiger partial charge in [0.2, 0.25) is 0 Å². The maximum atomic E-state index is 12.3. The standard InChI is InChI=1S/C15H27N3OS/c1-6-15(16,7-2)9-17-14(19)13-12(8-10(3)4)18-11(5)20-13/h10H,6-9,16H2,1-5H3,(H,17,19). The fourth-order valence-electron chi connectivity index (χ4n) is 2.01. The number of amides is 1. The van der Waals surface area contributed by atoms with Crippen LogP contribution in [0.3, 0.4) is 0 Å². The predicted molar refractivity (Wildman–Crippen MR) is 85.2 cm³/mol. The smallest absolute Gasteiger partial charge is 0.263 e. The van der Waals surface area contributed by atoms with E-state index in [0.717, 1.165) is 34.8 Å². The number of nitrogens with two attached hydrogens (primary N) is 1. The topological polar surface area (TPSA) is 68.0 Å². The molecule has 0 aliphatic carbocycles. The van der Waals surface area contributed by atoms with Crippen LogP contribution in [-0.2, 0) is 6.42 Å². The van der Waals surface area contributed by atoms with Crippen molar-refractivity contribution in [1.29, 1.82) is 0 Å². The Kier molecular flexibility index (Phi) is 6.14. The molecule has 0 saturated heterocycles. The van der Waals surface area contributed by atoms with Crippen LogP contribution in [0.1, 0.15) is 60.9 Å². The molecule has 0 spiro atoms. The molecule has 20 heavy (non-hydrogen) atoms. The van der Waals surface area contributed by atoms with Crippen LogP contribution < -0.4 is 11.1 Å². The third-order valence-electron chi connectivity index (χ3n) is 3.62. The van der Waals surface area contributed by atoms with Gasteiger partial charge in [-0.05, 0) is 32.1 Å². The van der Waals surface area contributed by atoms with E-state index in [4.69, 9.17) is 5.73 Å². The Labute approximate surface area is 126 Å². The van der Waals surface area contributed by atoms with E-state index in [1.807, 2.05) is 6.92 Å². The second kappa shape index (κ2) is 7.18. The highest BCUT2D eigenvalue weighted by atomic mass is 32.1. The molecule has 3 N–H and O–H groups in total. The van der Waals surface area contributed by atoms with E-state index in [0.29, 0.717) is 12.5 Å². The number of carbonyl (C=O) groups excluding carboxylic acids is 1. The number of thiazole rings is 1. The second-order valence-corrected chi connectivity index (χ2v) is 7.06. The van der Waals surface area contributed by atoms with Crippen LogP contribution in [0.25, 0.3) is 0 Å². The summed E-state index contributed by atoms with van der Waals surface area (Å²) in [4.78, 5) is 17.6. The molecule has 1 amide bonds. The SMILES string of the molecule is CCC(N)(CC)CNC(=O)c1sc(C)nc1CC(C)C. The molecule has 0 aliphatic rings. The van der Waals surface area contributed by atoms with Crippen LogP contribution in [0.4, 0.5) is 0 Å². The molecule has 1 aromatic heterocycles. The van der Waals surface area contributed by atoms with Crippen molar-refractivity contribution in [3.05, 3.63) is 15.6 Å². The van der Waals surface area contributed by atoms with Crippen molar-refractivity contribution in [1.82, 2.24) is 10.3 Å². The molecule has 1 aromatic rings. The third-order valence-corrected chi connectivity index (χ3v) is 4.63. The lowest BCUT2D eigenvalue weighted by Crippen LogP contribution is -2.49. The minimum Gasteiger partial charge on any atom is -0.349 e. The van der Waals surface area contributed by atoms with Gasteiger partial charge in [-0.2, -0.15) is 0 Å². The molecule has 0 aliphatic heterocycles. The van der Waals surface area contributed by atoms with Crippen LogP contribution >= 0.6 is 11.3 Å². The quantitative estimate of drug-likeness (QED) is 0.813. The molecule has 0 saturated carbocycles. The summed E-state index contributed by atoms with van der Waals surface area (Å²) < 4.78 is 0. The maximum Gasteiger partial charge on any atom is 0.263 e. The number of nitrogens with one attached hydrogen (secondary N) is 1. The van der Waals surface area contributed by atoms with Gasteiger partial charge in [0.15, 0.2) is 0 Å². The molecule has 0 radical (unpaired) electrons. The van der Waals surface area contributed by atoms with Crippen molar-refractivity contribution in [3.8, 4) is 0 Å². The highest BCUT2D eigenvalue weighted by molar-refractivity contribution is 7.13. The van der Waals surface area contributed by atoms with Gasteiger partial charge in [-0.1, -0.05) is 27.7 Å². The normalized spacial score (nSPS) is 11.9. The van der Waals surface area contributed by atoms with E-state index >= 15 is 0 Å². The lowest BCUT2D eigenvalue weighted by atomic mass is 9.94. The Morgan fingerprint density at radius 2 is 2.00 bits per heavy atom. The molecule has 5 heteroatoms. The molecular weight excluding hydrogens is 270 g/mol. The monoisotopic (exact) mass is 297 g/mol. The van der Waals surface area contributed by atoms with Crippen molar-refractivity contribution >= 4 is 17.2 Å². The van der Waals surface area contributed by atoms with Crippen molar-refractivity contribution in [2.45, 2.75) is 59.4 Å². The van der Waals surface area contributed by atoms with Gasteiger partial charge in [-0.25, -0.2) is 4.98 Å². The zero-order valence-corrected chi connectivity index (χ0v) is 14.1. The molecule has 1 heterocycles. The Morgan fingerprint density at radius 3 is 2.50 bits per heavy atom. The second-order valence-electron chi connectivity index (χ2n) is 5.86. The fourth-order valence-corrected chi connectivity index (χ4v) is 2.87. The van der Waals surface area contributed by atoms with E-state index in [-0.39, 0.29) is 11.4 Å². The Morgan fingerprint density at radius 1 is 1.40 bits per heavy atom. The summed E-state index contributed by atoms with van der Waals surface area (Å²) in [5, 5.41) is 3.92. The first-order valence-corrected chi connectivity index (χ1v) is 8.16. The van der Waals surface area contributed by atoms with E-state index in [1.54, 1.807) is 0 Å². The Bertz CT molecular complexity index is 450. The molecular formula is C15H27N3OS. The lowest BCUT2D eigenvalue weighted by molar-refractivity contribution is 0.0945. The average molecular weight is 297 g/mol. The minimum atomic E-state index is -0.312. The van der Waals surface area contributed by atoms with E-state index in [2.05, 4.69) is 38.0 Å². The number of hydrogen-bond donors (Lipinski definition) is 2. The highest BCUT2D eigenvalue weighted by Gasteiger charge is 2.23. The highest BCUT2D eigenvalue weighted by Crippen LogP contribution is 2.21. The summed E-state index contributed by atoms with van der Waals surface area (Å²) in [7, 11) is 0. The van der Waals surface area contributed by atoms with Gasteiger partial charge in [0.25, 0.3) is 5.91 Å². The van der Waals surface area contributed by atoms with Crippen LogP contribution in [0, 0.1) is 12.8 Å². The van der Waals surface area contributed by atoms with Crippen molar-refractivity contribution in [3.63, 3.8) is 0 Å². The van der Waals surface area contributed by atoms with Crippen LogP contribution in [0.2, 0.25) is 0 Å². The number of rotatable bonds is 7. The predicted octanol–water partition coefficient (Wildman–Crippen LogP) is 2.90. The Hall–Kier alpha value is -0.940. The number of aromatic nitrogens is 1. The van der Waals surface area contributed by atoms with E-state index in [1.165, 1.54) is 11.3 Å². The van der Waals surface area contributed by atoms with Gasteiger partial charge in [-0.15, -0.1) is 11.3 Å². The summed E-state index contributed by atoms with van der Waals surface area (Å²) in [5.41, 5.74) is 6.82. The molecule has 4 nitrogen and oxygen atoms in total. The molecule has 114 valence electrons. The molecule has 0 unspecified atom stereocenters. The minimum absolute atomic E-state index is 0.0389. The van der Waals surface area contributed by atoms with Gasteiger partial charge < -0.3 is 11.1 Å². The summed E-state index contributed by atoms with van der Waals surface area (Å²) in [6.45, 7) is 10.8. The van der Waals surface area contributed by atoms with Crippen molar-refractivity contribution in [2.24, 2.45) is 11.7 Å². The summed E-state index contributed by atoms with van der Waals surface area (Å²) in [6, 6.07) is 0. The van der Waals surface area contributed by atoms with Crippen LogP contribution in [-0.4, -0.2) is 23.0 Å².